The SMILES string of the molecule is CCCCCCn1cc[n+](Cc2cccc(C[n+]3ccn(CCCCCC)c3)n2)c1. The molecule has 5 heteroatoms. The third kappa shape index (κ3) is 7.43. The van der Waals surface area contributed by atoms with Crippen molar-refractivity contribution in [2.45, 2.75) is 91.4 Å². The minimum Gasteiger partial charge on any atom is -0.250 e. The zero-order valence-electron chi connectivity index (χ0n) is 18.9. The van der Waals surface area contributed by atoms with Crippen LogP contribution in [0.2, 0.25) is 0 Å². The maximum Gasteiger partial charge on any atom is 0.244 e. The molecule has 0 atom stereocenters. The average molecular weight is 410 g/mol. The Kier molecular flexibility index (Phi) is 9.13. The van der Waals surface area contributed by atoms with Crippen molar-refractivity contribution in [3.8, 4) is 0 Å². The summed E-state index contributed by atoms with van der Waals surface area (Å²) in [5.41, 5.74) is 2.22. The summed E-state index contributed by atoms with van der Waals surface area (Å²) in [7, 11) is 0. The van der Waals surface area contributed by atoms with E-state index in [1.165, 1.54) is 51.4 Å². The first kappa shape index (κ1) is 22.3. The van der Waals surface area contributed by atoms with Crippen LogP contribution in [0.15, 0.2) is 55.6 Å². The zero-order chi connectivity index (χ0) is 21.0. The molecular weight excluding hydrogens is 370 g/mol. The van der Waals surface area contributed by atoms with Gasteiger partial charge in [0.1, 0.15) is 37.9 Å². The Bertz CT molecular complexity index is 796. The summed E-state index contributed by atoms with van der Waals surface area (Å²) >= 11 is 0. The van der Waals surface area contributed by atoms with E-state index in [-0.39, 0.29) is 0 Å². The Hall–Kier alpha value is -2.43. The number of nitrogens with zero attached hydrogens (tertiary/aromatic N) is 5. The number of imidazole rings is 2. The highest BCUT2D eigenvalue weighted by Gasteiger charge is 2.09. The Morgan fingerprint density at radius 3 is 1.67 bits per heavy atom. The number of rotatable bonds is 14. The topological polar surface area (TPSA) is 30.5 Å². The fourth-order valence-electron chi connectivity index (χ4n) is 3.85. The van der Waals surface area contributed by atoms with Crippen molar-refractivity contribution >= 4 is 0 Å². The molecule has 0 amide bonds. The molecule has 0 aliphatic carbocycles. The van der Waals surface area contributed by atoms with E-state index in [0.717, 1.165) is 37.6 Å². The lowest BCUT2D eigenvalue weighted by Crippen LogP contribution is -2.34. The average Bonchev–Trinajstić information content (AvgIpc) is 3.38. The van der Waals surface area contributed by atoms with Gasteiger partial charge in [-0.05, 0) is 37.8 Å². The summed E-state index contributed by atoms with van der Waals surface area (Å²) in [4.78, 5) is 4.89. The molecule has 0 saturated carbocycles. The van der Waals surface area contributed by atoms with Crippen LogP contribution in [0, 0.1) is 0 Å². The summed E-state index contributed by atoms with van der Waals surface area (Å²) in [6.45, 7) is 8.36. The van der Waals surface area contributed by atoms with Gasteiger partial charge < -0.3 is 0 Å². The molecular formula is C25H39N5+2. The fraction of sp³-hybridized carbons (Fsp3) is 0.560. The molecule has 0 aromatic carbocycles. The van der Waals surface area contributed by atoms with Gasteiger partial charge in [0.05, 0.1) is 24.5 Å². The molecule has 0 aliphatic heterocycles. The van der Waals surface area contributed by atoms with Gasteiger partial charge in [-0.2, -0.15) is 0 Å². The first-order valence-corrected chi connectivity index (χ1v) is 11.8. The number of hydrogen-bond acceptors (Lipinski definition) is 1. The maximum atomic E-state index is 4.89. The molecule has 0 N–H and O–H groups in total. The zero-order valence-corrected chi connectivity index (χ0v) is 18.9. The molecule has 3 aromatic rings. The molecule has 3 heterocycles. The van der Waals surface area contributed by atoms with E-state index in [0.29, 0.717) is 0 Å². The lowest BCUT2D eigenvalue weighted by molar-refractivity contribution is -0.689. The standard InChI is InChI=1S/C25H39N5/c1-3-5-7-9-14-27-16-18-29(22-27)20-24-12-11-13-25(26-24)21-30-19-17-28(23-30)15-10-8-6-4-2/h11-13,16-19,22-23H,3-10,14-15,20-21H2,1-2H3/q+2. The smallest absolute Gasteiger partial charge is 0.244 e. The predicted octanol–water partition coefficient (Wildman–Crippen LogP) is 4.52. The van der Waals surface area contributed by atoms with Gasteiger partial charge in [0.15, 0.2) is 0 Å². The second kappa shape index (κ2) is 12.3. The molecule has 0 bridgehead atoms. The van der Waals surface area contributed by atoms with Crippen molar-refractivity contribution < 1.29 is 9.13 Å². The van der Waals surface area contributed by atoms with Gasteiger partial charge in [0.25, 0.3) is 0 Å². The first-order chi connectivity index (χ1) is 14.8. The Morgan fingerprint density at radius 2 is 1.20 bits per heavy atom. The van der Waals surface area contributed by atoms with Crippen molar-refractivity contribution in [2.24, 2.45) is 0 Å². The van der Waals surface area contributed by atoms with Gasteiger partial charge >= 0.3 is 0 Å². The second-order valence-corrected chi connectivity index (χ2v) is 8.39. The summed E-state index contributed by atoms with van der Waals surface area (Å²) < 4.78 is 9.04. The molecule has 3 aromatic heterocycles. The molecule has 0 saturated heterocycles. The van der Waals surface area contributed by atoms with Gasteiger partial charge in [-0.3, -0.25) is 0 Å². The van der Waals surface area contributed by atoms with Crippen molar-refractivity contribution in [2.75, 3.05) is 0 Å². The van der Waals surface area contributed by atoms with Gasteiger partial charge in [-0.25, -0.2) is 23.3 Å². The lowest BCUT2D eigenvalue weighted by Gasteiger charge is -2.02. The van der Waals surface area contributed by atoms with Crippen molar-refractivity contribution in [3.05, 3.63) is 67.0 Å². The van der Waals surface area contributed by atoms with Gasteiger partial charge in [0.2, 0.25) is 12.7 Å². The Morgan fingerprint density at radius 1 is 0.700 bits per heavy atom. The van der Waals surface area contributed by atoms with E-state index in [4.69, 9.17) is 4.98 Å². The van der Waals surface area contributed by atoms with Crippen molar-refractivity contribution in [1.82, 2.24) is 14.1 Å². The third-order valence-corrected chi connectivity index (χ3v) is 5.59. The Balaban J connectivity index is 1.50. The van der Waals surface area contributed by atoms with Crippen LogP contribution in [-0.4, -0.2) is 14.1 Å². The van der Waals surface area contributed by atoms with Crippen LogP contribution in [-0.2, 0) is 26.2 Å². The molecule has 0 unspecified atom stereocenters. The number of pyridine rings is 1. The highest BCUT2D eigenvalue weighted by atomic mass is 15.1. The molecule has 3 rings (SSSR count). The van der Waals surface area contributed by atoms with Crippen LogP contribution in [0.5, 0.6) is 0 Å². The number of hydrogen-bond donors (Lipinski definition) is 0. The Labute approximate surface area is 182 Å². The largest absolute Gasteiger partial charge is 0.250 e. The van der Waals surface area contributed by atoms with E-state index >= 15 is 0 Å². The highest BCUT2D eigenvalue weighted by Crippen LogP contribution is 2.04. The van der Waals surface area contributed by atoms with Gasteiger partial charge in [-0.1, -0.05) is 45.6 Å². The lowest BCUT2D eigenvalue weighted by atomic mass is 10.2. The first-order valence-electron chi connectivity index (χ1n) is 11.8. The van der Waals surface area contributed by atoms with E-state index in [9.17, 15) is 0 Å². The quantitative estimate of drug-likeness (QED) is 0.284. The molecule has 30 heavy (non-hydrogen) atoms. The molecule has 162 valence electrons. The third-order valence-electron chi connectivity index (χ3n) is 5.59. The minimum absolute atomic E-state index is 0.818. The highest BCUT2D eigenvalue weighted by molar-refractivity contribution is 5.09. The van der Waals surface area contributed by atoms with E-state index < -0.39 is 0 Å². The van der Waals surface area contributed by atoms with Crippen LogP contribution in [0.3, 0.4) is 0 Å². The summed E-state index contributed by atoms with van der Waals surface area (Å²) in [5.74, 6) is 0. The van der Waals surface area contributed by atoms with Crippen LogP contribution < -0.4 is 9.13 Å². The maximum absolute atomic E-state index is 4.89. The molecule has 0 fully saturated rings. The monoisotopic (exact) mass is 409 g/mol. The van der Waals surface area contributed by atoms with Crippen molar-refractivity contribution in [3.63, 3.8) is 0 Å². The molecule has 0 aliphatic rings. The van der Waals surface area contributed by atoms with Crippen LogP contribution in [0.1, 0.15) is 76.6 Å². The van der Waals surface area contributed by atoms with E-state index in [2.05, 4.69) is 87.8 Å². The van der Waals surface area contributed by atoms with E-state index in [1.807, 2.05) is 0 Å². The normalized spacial score (nSPS) is 11.3. The molecule has 0 spiro atoms. The van der Waals surface area contributed by atoms with Gasteiger partial charge in [0, 0.05) is 0 Å². The summed E-state index contributed by atoms with van der Waals surface area (Å²) in [5, 5.41) is 0. The number of unbranched alkanes of at least 4 members (excludes halogenated alkanes) is 6. The predicted molar refractivity (Wildman–Crippen MR) is 120 cm³/mol. The molecule has 5 nitrogen and oxygen atoms in total. The van der Waals surface area contributed by atoms with Crippen LogP contribution >= 0.6 is 0 Å². The number of aryl methyl sites for hydroxylation is 2. The summed E-state index contributed by atoms with van der Waals surface area (Å²) in [6.07, 6.45) is 23.4. The summed E-state index contributed by atoms with van der Waals surface area (Å²) in [6, 6.07) is 6.37. The van der Waals surface area contributed by atoms with Gasteiger partial charge in [-0.15, -0.1) is 0 Å². The minimum atomic E-state index is 0.818. The van der Waals surface area contributed by atoms with Crippen molar-refractivity contribution in [1.29, 1.82) is 0 Å². The molecule has 0 radical (unpaired) electrons. The van der Waals surface area contributed by atoms with Crippen LogP contribution in [0.25, 0.3) is 0 Å². The van der Waals surface area contributed by atoms with E-state index in [1.54, 1.807) is 0 Å². The second-order valence-electron chi connectivity index (χ2n) is 8.39. The number of aromatic nitrogens is 5. The fourth-order valence-corrected chi connectivity index (χ4v) is 3.85. The van der Waals surface area contributed by atoms with Crippen LogP contribution in [0.4, 0.5) is 0 Å².